The molecular weight excluding hydrogens is 427 g/mol. The van der Waals surface area contributed by atoms with E-state index in [1.54, 1.807) is 36.4 Å². The quantitative estimate of drug-likeness (QED) is 0.394. The van der Waals surface area contributed by atoms with Crippen LogP contribution in [0.5, 0.6) is 5.75 Å². The highest BCUT2D eigenvalue weighted by molar-refractivity contribution is 6.46. The zero-order valence-electron chi connectivity index (χ0n) is 18.5. The van der Waals surface area contributed by atoms with Gasteiger partial charge in [-0.2, -0.15) is 0 Å². The lowest BCUT2D eigenvalue weighted by atomic mass is 9.95. The molecule has 33 heavy (non-hydrogen) atoms. The highest BCUT2D eigenvalue weighted by atomic mass is 19.1. The molecule has 2 aliphatic rings. The van der Waals surface area contributed by atoms with Gasteiger partial charge in [-0.25, -0.2) is 4.39 Å². The van der Waals surface area contributed by atoms with E-state index >= 15 is 0 Å². The Bertz CT molecular complexity index is 1050. The molecule has 2 aromatic rings. The normalized spacial score (nSPS) is 20.9. The van der Waals surface area contributed by atoms with E-state index in [0.717, 1.165) is 19.6 Å². The summed E-state index contributed by atoms with van der Waals surface area (Å²) in [5, 5.41) is 11.1. The Hall–Kier alpha value is -3.23. The standard InChI is InChI=1S/C25H27FN2O5/c1-32-20-5-2-4-18(16-20)23(29)21-22(17-6-8-19(26)9-7-17)28(25(31)24(21)30)11-3-10-27-12-14-33-15-13-27/h2,4-9,16,22,29H,3,10-15H2,1H3/t22-/m0/s1. The Labute approximate surface area is 192 Å². The third-order valence-electron chi connectivity index (χ3n) is 6.05. The summed E-state index contributed by atoms with van der Waals surface area (Å²) in [5.74, 6) is -1.61. The Morgan fingerprint density at radius 1 is 1.12 bits per heavy atom. The van der Waals surface area contributed by atoms with Crippen LogP contribution in [-0.2, 0) is 14.3 Å². The van der Waals surface area contributed by atoms with Crippen molar-refractivity contribution in [3.8, 4) is 5.75 Å². The van der Waals surface area contributed by atoms with E-state index in [1.165, 1.54) is 24.1 Å². The molecule has 0 spiro atoms. The van der Waals surface area contributed by atoms with Crippen molar-refractivity contribution >= 4 is 17.4 Å². The first-order chi connectivity index (χ1) is 16.0. The van der Waals surface area contributed by atoms with Crippen molar-refractivity contribution in [3.05, 3.63) is 71.0 Å². The summed E-state index contributed by atoms with van der Waals surface area (Å²) in [7, 11) is 1.51. The van der Waals surface area contributed by atoms with Crippen molar-refractivity contribution in [2.24, 2.45) is 0 Å². The molecule has 1 N–H and O–H groups in total. The lowest BCUT2D eigenvalue weighted by Crippen LogP contribution is -2.38. The zero-order valence-corrected chi connectivity index (χ0v) is 18.5. The van der Waals surface area contributed by atoms with E-state index < -0.39 is 23.5 Å². The topological polar surface area (TPSA) is 79.3 Å². The number of methoxy groups -OCH3 is 1. The third-order valence-corrected chi connectivity index (χ3v) is 6.05. The van der Waals surface area contributed by atoms with Crippen molar-refractivity contribution < 1.29 is 28.6 Å². The Balaban J connectivity index is 1.67. The number of Topliss-reactive ketones (excluding diaryl/α,β-unsaturated/α-hetero) is 1. The minimum atomic E-state index is -0.804. The summed E-state index contributed by atoms with van der Waals surface area (Å²) in [6.45, 7) is 4.12. The summed E-state index contributed by atoms with van der Waals surface area (Å²) in [6.07, 6.45) is 0.657. The van der Waals surface area contributed by atoms with E-state index in [0.29, 0.717) is 43.1 Å². The zero-order chi connectivity index (χ0) is 23.4. The number of halogens is 1. The molecule has 2 aliphatic heterocycles. The molecule has 7 nitrogen and oxygen atoms in total. The van der Waals surface area contributed by atoms with Crippen LogP contribution in [0, 0.1) is 5.82 Å². The van der Waals surface area contributed by atoms with E-state index in [1.807, 2.05) is 0 Å². The molecule has 0 saturated carbocycles. The van der Waals surface area contributed by atoms with Crippen molar-refractivity contribution in [2.45, 2.75) is 12.5 Å². The Morgan fingerprint density at radius 3 is 2.55 bits per heavy atom. The summed E-state index contributed by atoms with van der Waals surface area (Å²) in [6, 6.07) is 11.5. The number of benzene rings is 2. The van der Waals surface area contributed by atoms with Crippen molar-refractivity contribution in [1.82, 2.24) is 9.80 Å². The van der Waals surface area contributed by atoms with Crippen molar-refractivity contribution in [1.29, 1.82) is 0 Å². The van der Waals surface area contributed by atoms with Gasteiger partial charge in [0.15, 0.2) is 0 Å². The SMILES string of the molecule is COc1cccc(C(O)=C2C(=O)C(=O)N(CCCN3CCOCC3)[C@H]2c2ccc(F)cc2)c1. The van der Waals surface area contributed by atoms with Crippen molar-refractivity contribution in [2.75, 3.05) is 46.5 Å². The largest absolute Gasteiger partial charge is 0.507 e. The minimum Gasteiger partial charge on any atom is -0.507 e. The van der Waals surface area contributed by atoms with E-state index in [9.17, 15) is 19.1 Å². The third kappa shape index (κ3) is 4.91. The van der Waals surface area contributed by atoms with Gasteiger partial charge in [-0.3, -0.25) is 14.5 Å². The molecule has 174 valence electrons. The van der Waals surface area contributed by atoms with E-state index in [4.69, 9.17) is 9.47 Å². The second kappa shape index (κ2) is 10.1. The number of rotatable bonds is 7. The number of carbonyl (C=O) groups is 2. The maximum Gasteiger partial charge on any atom is 0.295 e. The minimum absolute atomic E-state index is 0.00812. The van der Waals surface area contributed by atoms with E-state index in [-0.39, 0.29) is 11.3 Å². The number of aliphatic hydroxyl groups excluding tert-OH is 1. The molecular formula is C25H27FN2O5. The molecule has 8 heteroatoms. The number of ether oxygens (including phenoxy) is 2. The molecule has 0 aromatic heterocycles. The molecule has 2 fully saturated rings. The summed E-state index contributed by atoms with van der Waals surface area (Å²) in [4.78, 5) is 29.8. The average Bonchev–Trinajstić information content (AvgIpc) is 3.10. The fraction of sp³-hybridized carbons (Fsp3) is 0.360. The second-order valence-electron chi connectivity index (χ2n) is 8.08. The molecule has 0 unspecified atom stereocenters. The van der Waals surface area contributed by atoms with E-state index in [2.05, 4.69) is 4.90 Å². The van der Waals surface area contributed by atoms with Crippen LogP contribution in [0.15, 0.2) is 54.1 Å². The number of hydrogen-bond acceptors (Lipinski definition) is 6. The molecule has 0 radical (unpaired) electrons. The number of hydrogen-bond donors (Lipinski definition) is 1. The van der Waals surface area contributed by atoms with Gasteiger partial charge in [-0.05, 0) is 36.2 Å². The van der Waals surface area contributed by atoms with Crippen LogP contribution >= 0.6 is 0 Å². The van der Waals surface area contributed by atoms with Crippen LogP contribution in [0.4, 0.5) is 4.39 Å². The van der Waals surface area contributed by atoms with Gasteiger partial charge in [-0.1, -0.05) is 24.3 Å². The van der Waals surface area contributed by atoms with Crippen LogP contribution in [0.25, 0.3) is 5.76 Å². The van der Waals surface area contributed by atoms with Gasteiger partial charge in [0.2, 0.25) is 0 Å². The molecule has 4 rings (SSSR count). The summed E-state index contributed by atoms with van der Waals surface area (Å²) in [5.41, 5.74) is 0.922. The van der Waals surface area contributed by atoms with Crippen LogP contribution in [0.1, 0.15) is 23.6 Å². The van der Waals surface area contributed by atoms with Gasteiger partial charge < -0.3 is 19.5 Å². The van der Waals surface area contributed by atoms with Crippen LogP contribution in [0.2, 0.25) is 0 Å². The van der Waals surface area contributed by atoms with Gasteiger partial charge in [0, 0.05) is 31.7 Å². The van der Waals surface area contributed by atoms with Crippen LogP contribution in [0.3, 0.4) is 0 Å². The number of carbonyl (C=O) groups excluding carboxylic acids is 2. The van der Waals surface area contributed by atoms with Crippen molar-refractivity contribution in [3.63, 3.8) is 0 Å². The van der Waals surface area contributed by atoms with Gasteiger partial charge in [-0.15, -0.1) is 0 Å². The number of morpholine rings is 1. The maximum absolute atomic E-state index is 13.6. The maximum atomic E-state index is 13.6. The van der Waals surface area contributed by atoms with Gasteiger partial charge >= 0.3 is 0 Å². The number of likely N-dealkylation sites (tertiary alicyclic amines) is 1. The summed E-state index contributed by atoms with van der Waals surface area (Å²) < 4.78 is 24.2. The predicted octanol–water partition coefficient (Wildman–Crippen LogP) is 2.98. The average molecular weight is 454 g/mol. The molecule has 1 amide bonds. The van der Waals surface area contributed by atoms with Crippen LogP contribution < -0.4 is 4.74 Å². The molecule has 0 bridgehead atoms. The first-order valence-corrected chi connectivity index (χ1v) is 11.0. The van der Waals surface area contributed by atoms with Gasteiger partial charge in [0.05, 0.1) is 31.9 Å². The van der Waals surface area contributed by atoms with Gasteiger partial charge in [0.25, 0.3) is 11.7 Å². The first-order valence-electron chi connectivity index (χ1n) is 11.0. The van der Waals surface area contributed by atoms with Crippen LogP contribution in [-0.4, -0.2) is 73.1 Å². The fourth-order valence-electron chi connectivity index (χ4n) is 4.32. The number of nitrogens with zero attached hydrogens (tertiary/aromatic N) is 2. The lowest BCUT2D eigenvalue weighted by Gasteiger charge is -2.29. The fourth-order valence-corrected chi connectivity index (χ4v) is 4.32. The number of ketones is 1. The Morgan fingerprint density at radius 2 is 1.85 bits per heavy atom. The van der Waals surface area contributed by atoms with Gasteiger partial charge in [0.1, 0.15) is 17.3 Å². The monoisotopic (exact) mass is 454 g/mol. The molecule has 2 saturated heterocycles. The predicted molar refractivity (Wildman–Crippen MR) is 120 cm³/mol. The highest BCUT2D eigenvalue weighted by Gasteiger charge is 2.45. The highest BCUT2D eigenvalue weighted by Crippen LogP contribution is 2.39. The first kappa shape index (κ1) is 22.9. The number of aliphatic hydroxyl groups is 1. The molecule has 0 aliphatic carbocycles. The number of amides is 1. The molecule has 2 aromatic carbocycles. The summed E-state index contributed by atoms with van der Waals surface area (Å²) >= 11 is 0. The second-order valence-corrected chi connectivity index (χ2v) is 8.08. The molecule has 2 heterocycles. The molecule has 1 atom stereocenters. The Kier molecular flexibility index (Phi) is 7.05. The lowest BCUT2D eigenvalue weighted by molar-refractivity contribution is -0.140. The smallest absolute Gasteiger partial charge is 0.295 e.